The summed E-state index contributed by atoms with van der Waals surface area (Å²) in [4.78, 5) is 25.4. The number of rotatable bonds is 7. The van der Waals surface area contributed by atoms with Gasteiger partial charge in [-0.15, -0.1) is 0 Å². The average molecular weight is 280 g/mol. The molecule has 0 heterocycles. The lowest BCUT2D eigenvalue weighted by Gasteiger charge is -2.24. The second-order valence-corrected chi connectivity index (χ2v) is 4.85. The first-order valence-corrected chi connectivity index (χ1v) is 6.25. The van der Waals surface area contributed by atoms with Gasteiger partial charge in [-0.3, -0.25) is 14.5 Å². The molecule has 1 unspecified atom stereocenters. The van der Waals surface area contributed by atoms with Crippen LogP contribution in [-0.2, 0) is 9.59 Å². The van der Waals surface area contributed by atoms with Gasteiger partial charge < -0.3 is 15.1 Å². The molecule has 0 saturated heterocycles. The zero-order valence-electron chi connectivity index (χ0n) is 11.9. The van der Waals surface area contributed by atoms with Crippen molar-refractivity contribution in [2.75, 3.05) is 32.6 Å². The minimum Gasteiger partial charge on any atom is -0.481 e. The summed E-state index contributed by atoms with van der Waals surface area (Å²) in [5, 5.41) is 18.0. The Morgan fingerprint density at radius 3 is 2.05 bits per heavy atom. The molecule has 0 aromatic heterocycles. The Balaban J connectivity index is 2.90. The SMILES string of the molecule is CN(C)c1ccc(C(C(=O)O)N(C)CCC(=O)O)cc1. The van der Waals surface area contributed by atoms with Crippen LogP contribution in [0.5, 0.6) is 0 Å². The van der Waals surface area contributed by atoms with Crippen molar-refractivity contribution in [3.63, 3.8) is 0 Å². The third kappa shape index (κ3) is 4.24. The Labute approximate surface area is 118 Å². The van der Waals surface area contributed by atoms with Crippen LogP contribution in [0, 0.1) is 0 Å². The fraction of sp³-hybridized carbons (Fsp3) is 0.429. The molecule has 20 heavy (non-hydrogen) atoms. The third-order valence-corrected chi connectivity index (χ3v) is 3.08. The van der Waals surface area contributed by atoms with E-state index in [9.17, 15) is 14.7 Å². The fourth-order valence-corrected chi connectivity index (χ4v) is 1.94. The van der Waals surface area contributed by atoms with Gasteiger partial charge >= 0.3 is 11.9 Å². The molecule has 1 rings (SSSR count). The summed E-state index contributed by atoms with van der Waals surface area (Å²) < 4.78 is 0. The maximum Gasteiger partial charge on any atom is 0.325 e. The summed E-state index contributed by atoms with van der Waals surface area (Å²) in [5.74, 6) is -1.93. The van der Waals surface area contributed by atoms with Crippen LogP contribution in [-0.4, -0.2) is 54.7 Å². The number of benzene rings is 1. The van der Waals surface area contributed by atoms with Crippen LogP contribution in [0.3, 0.4) is 0 Å². The molecule has 0 saturated carbocycles. The summed E-state index contributed by atoms with van der Waals surface area (Å²) in [5.41, 5.74) is 1.61. The maximum atomic E-state index is 11.4. The average Bonchev–Trinajstić information content (AvgIpc) is 2.36. The number of nitrogens with zero attached hydrogens (tertiary/aromatic N) is 2. The van der Waals surface area contributed by atoms with Gasteiger partial charge in [-0.05, 0) is 24.7 Å². The van der Waals surface area contributed by atoms with Crippen LogP contribution in [0.4, 0.5) is 5.69 Å². The second kappa shape index (κ2) is 6.91. The Kier molecular flexibility index (Phi) is 5.52. The van der Waals surface area contributed by atoms with E-state index in [4.69, 9.17) is 5.11 Å². The molecule has 0 fully saturated rings. The van der Waals surface area contributed by atoms with E-state index in [1.165, 1.54) is 4.90 Å². The number of carboxylic acid groups (broad SMARTS) is 2. The molecule has 0 aliphatic heterocycles. The molecule has 1 atom stereocenters. The molecule has 1 aromatic rings. The van der Waals surface area contributed by atoms with E-state index >= 15 is 0 Å². The van der Waals surface area contributed by atoms with Gasteiger partial charge in [0.15, 0.2) is 0 Å². The first-order chi connectivity index (χ1) is 9.32. The van der Waals surface area contributed by atoms with Gasteiger partial charge in [-0.25, -0.2) is 0 Å². The lowest BCUT2D eigenvalue weighted by atomic mass is 10.0. The number of carbonyl (C=O) groups is 2. The van der Waals surface area contributed by atoms with E-state index in [1.807, 2.05) is 31.1 Å². The zero-order valence-corrected chi connectivity index (χ0v) is 11.9. The van der Waals surface area contributed by atoms with Gasteiger partial charge in [-0.1, -0.05) is 12.1 Å². The highest BCUT2D eigenvalue weighted by Crippen LogP contribution is 2.22. The van der Waals surface area contributed by atoms with Crippen LogP contribution in [0.2, 0.25) is 0 Å². The van der Waals surface area contributed by atoms with Crippen molar-refractivity contribution in [3.05, 3.63) is 29.8 Å². The molecule has 0 amide bonds. The smallest absolute Gasteiger partial charge is 0.325 e. The molecule has 0 bridgehead atoms. The number of likely N-dealkylation sites (N-methyl/N-ethyl adjacent to an activating group) is 1. The largest absolute Gasteiger partial charge is 0.481 e. The monoisotopic (exact) mass is 280 g/mol. The Morgan fingerprint density at radius 2 is 1.65 bits per heavy atom. The molecule has 0 aliphatic rings. The van der Waals surface area contributed by atoms with Crippen LogP contribution >= 0.6 is 0 Å². The summed E-state index contributed by atoms with van der Waals surface area (Å²) in [7, 11) is 5.42. The summed E-state index contributed by atoms with van der Waals surface area (Å²) >= 11 is 0. The van der Waals surface area contributed by atoms with E-state index < -0.39 is 18.0 Å². The molecular formula is C14H20N2O4. The quantitative estimate of drug-likeness (QED) is 0.783. The highest BCUT2D eigenvalue weighted by molar-refractivity contribution is 5.76. The standard InChI is InChI=1S/C14H20N2O4/c1-15(2)11-6-4-10(5-7-11)13(14(19)20)16(3)9-8-12(17)18/h4-7,13H,8-9H2,1-3H3,(H,17,18)(H,19,20). The van der Waals surface area contributed by atoms with Gasteiger partial charge in [0.1, 0.15) is 6.04 Å². The highest BCUT2D eigenvalue weighted by Gasteiger charge is 2.24. The number of hydrogen-bond acceptors (Lipinski definition) is 4. The van der Waals surface area contributed by atoms with Crippen LogP contribution < -0.4 is 4.90 Å². The van der Waals surface area contributed by atoms with Crippen molar-refractivity contribution < 1.29 is 19.8 Å². The van der Waals surface area contributed by atoms with Crippen LogP contribution in [0.25, 0.3) is 0 Å². The van der Waals surface area contributed by atoms with Crippen molar-refractivity contribution in [3.8, 4) is 0 Å². The molecule has 2 N–H and O–H groups in total. The van der Waals surface area contributed by atoms with Crippen molar-refractivity contribution in [1.82, 2.24) is 4.90 Å². The molecule has 0 radical (unpaired) electrons. The van der Waals surface area contributed by atoms with E-state index in [2.05, 4.69) is 0 Å². The first-order valence-electron chi connectivity index (χ1n) is 6.25. The summed E-state index contributed by atoms with van der Waals surface area (Å²) in [6.07, 6.45) is -0.0872. The first kappa shape index (κ1) is 16.0. The predicted molar refractivity (Wildman–Crippen MR) is 76.0 cm³/mol. The number of anilines is 1. The highest BCUT2D eigenvalue weighted by atomic mass is 16.4. The predicted octanol–water partition coefficient (Wildman–Crippen LogP) is 1.28. The van der Waals surface area contributed by atoms with Crippen LogP contribution in [0.15, 0.2) is 24.3 Å². The topological polar surface area (TPSA) is 81.1 Å². The number of carboxylic acids is 2. The van der Waals surface area contributed by atoms with Crippen molar-refractivity contribution >= 4 is 17.6 Å². The van der Waals surface area contributed by atoms with Crippen molar-refractivity contribution in [2.24, 2.45) is 0 Å². The minimum absolute atomic E-state index is 0.0872. The lowest BCUT2D eigenvalue weighted by Crippen LogP contribution is -2.32. The van der Waals surface area contributed by atoms with E-state index in [0.29, 0.717) is 5.56 Å². The molecule has 0 spiro atoms. The van der Waals surface area contributed by atoms with Gasteiger partial charge in [0, 0.05) is 26.3 Å². The number of hydrogen-bond donors (Lipinski definition) is 2. The minimum atomic E-state index is -0.990. The molecular weight excluding hydrogens is 260 g/mol. The van der Waals surface area contributed by atoms with E-state index in [-0.39, 0.29) is 13.0 Å². The molecule has 110 valence electrons. The van der Waals surface area contributed by atoms with Crippen molar-refractivity contribution in [2.45, 2.75) is 12.5 Å². The Morgan fingerprint density at radius 1 is 1.10 bits per heavy atom. The number of aliphatic carboxylic acids is 2. The van der Waals surface area contributed by atoms with Gasteiger partial charge in [0.2, 0.25) is 0 Å². The molecule has 1 aromatic carbocycles. The van der Waals surface area contributed by atoms with E-state index in [1.54, 1.807) is 19.2 Å². The second-order valence-electron chi connectivity index (χ2n) is 4.85. The zero-order chi connectivity index (χ0) is 15.3. The van der Waals surface area contributed by atoms with Gasteiger partial charge in [0.25, 0.3) is 0 Å². The molecule has 6 heteroatoms. The summed E-state index contributed by atoms with van der Waals surface area (Å²) in [6.45, 7) is 0.182. The van der Waals surface area contributed by atoms with Gasteiger partial charge in [0.05, 0.1) is 6.42 Å². The fourth-order valence-electron chi connectivity index (χ4n) is 1.94. The summed E-state index contributed by atoms with van der Waals surface area (Å²) in [6, 6.07) is 6.36. The lowest BCUT2D eigenvalue weighted by molar-refractivity contribution is -0.144. The molecule has 0 aliphatic carbocycles. The molecule has 6 nitrogen and oxygen atoms in total. The normalized spacial score (nSPS) is 12.2. The van der Waals surface area contributed by atoms with Crippen molar-refractivity contribution in [1.29, 1.82) is 0 Å². The Bertz CT molecular complexity index is 471. The van der Waals surface area contributed by atoms with Gasteiger partial charge in [-0.2, -0.15) is 0 Å². The van der Waals surface area contributed by atoms with E-state index in [0.717, 1.165) is 5.69 Å². The maximum absolute atomic E-state index is 11.4. The Hall–Kier alpha value is -2.08. The third-order valence-electron chi connectivity index (χ3n) is 3.08. The van der Waals surface area contributed by atoms with Crippen LogP contribution in [0.1, 0.15) is 18.0 Å².